The van der Waals surface area contributed by atoms with Crippen molar-refractivity contribution in [3.05, 3.63) is 52.0 Å². The van der Waals surface area contributed by atoms with Crippen LogP contribution in [0.3, 0.4) is 0 Å². The van der Waals surface area contributed by atoms with Crippen LogP contribution in [-0.4, -0.2) is 47.0 Å². The Morgan fingerprint density at radius 3 is 2.62 bits per heavy atom. The van der Waals surface area contributed by atoms with Gasteiger partial charge in [-0.25, -0.2) is 4.98 Å². The highest BCUT2D eigenvalue weighted by atomic mass is 127. The average molecular weight is 394 g/mol. The van der Waals surface area contributed by atoms with Crippen molar-refractivity contribution in [2.45, 2.75) is 0 Å². The zero-order valence-corrected chi connectivity index (χ0v) is 13.6. The van der Waals surface area contributed by atoms with Crippen molar-refractivity contribution in [3.8, 4) is 0 Å². The number of hydrogen-bond acceptors (Lipinski definition) is 4. The van der Waals surface area contributed by atoms with E-state index in [9.17, 15) is 4.79 Å². The number of anilines is 1. The Morgan fingerprint density at radius 1 is 1.14 bits per heavy atom. The summed E-state index contributed by atoms with van der Waals surface area (Å²) in [6.45, 7) is 2.99. The van der Waals surface area contributed by atoms with Gasteiger partial charge in [0.1, 0.15) is 5.82 Å². The second-order valence-electron chi connectivity index (χ2n) is 4.85. The molecule has 1 aromatic heterocycles. The summed E-state index contributed by atoms with van der Waals surface area (Å²) in [5.74, 6) is 0.978. The number of amides is 1. The highest BCUT2D eigenvalue weighted by Crippen LogP contribution is 2.15. The van der Waals surface area contributed by atoms with Crippen LogP contribution in [0, 0.1) is 3.57 Å². The SMILES string of the molecule is O=C(c1cccc(I)c1)N1CCN(c2cnccn2)CC1. The van der Waals surface area contributed by atoms with Crippen LogP contribution in [0.5, 0.6) is 0 Å². The summed E-state index contributed by atoms with van der Waals surface area (Å²) in [4.78, 5) is 24.9. The van der Waals surface area contributed by atoms with E-state index in [4.69, 9.17) is 0 Å². The van der Waals surface area contributed by atoms with Crippen molar-refractivity contribution < 1.29 is 4.79 Å². The van der Waals surface area contributed by atoms with Crippen LogP contribution in [0.2, 0.25) is 0 Å². The third kappa shape index (κ3) is 3.31. The Morgan fingerprint density at radius 2 is 1.95 bits per heavy atom. The number of rotatable bonds is 2. The van der Waals surface area contributed by atoms with Gasteiger partial charge in [-0.05, 0) is 40.8 Å². The average Bonchev–Trinajstić information content (AvgIpc) is 2.55. The number of aromatic nitrogens is 2. The van der Waals surface area contributed by atoms with Crippen LogP contribution in [0.4, 0.5) is 5.82 Å². The first kappa shape index (κ1) is 14.2. The molecule has 1 aromatic carbocycles. The number of carbonyl (C=O) groups is 1. The molecule has 3 rings (SSSR count). The second-order valence-corrected chi connectivity index (χ2v) is 6.10. The molecular formula is C15H15IN4O. The van der Waals surface area contributed by atoms with Crippen molar-refractivity contribution in [1.29, 1.82) is 0 Å². The summed E-state index contributed by atoms with van der Waals surface area (Å²) < 4.78 is 1.08. The van der Waals surface area contributed by atoms with Crippen LogP contribution in [0.25, 0.3) is 0 Å². The van der Waals surface area contributed by atoms with E-state index in [2.05, 4.69) is 37.5 Å². The standard InChI is InChI=1S/C15H15IN4O/c16-13-3-1-2-12(10-13)15(21)20-8-6-19(7-9-20)14-11-17-4-5-18-14/h1-5,10-11H,6-9H2. The van der Waals surface area contributed by atoms with Gasteiger partial charge in [-0.3, -0.25) is 9.78 Å². The molecule has 2 heterocycles. The predicted octanol–water partition coefficient (Wildman–Crippen LogP) is 2.04. The topological polar surface area (TPSA) is 49.3 Å². The molecule has 1 aliphatic rings. The fraction of sp³-hybridized carbons (Fsp3) is 0.267. The van der Waals surface area contributed by atoms with Gasteiger partial charge in [0.25, 0.3) is 5.91 Å². The van der Waals surface area contributed by atoms with E-state index in [-0.39, 0.29) is 5.91 Å². The van der Waals surface area contributed by atoms with Gasteiger partial charge in [-0.15, -0.1) is 0 Å². The Hall–Kier alpha value is -1.70. The lowest BCUT2D eigenvalue weighted by Gasteiger charge is -2.35. The molecule has 1 saturated heterocycles. The third-order valence-electron chi connectivity index (χ3n) is 3.51. The van der Waals surface area contributed by atoms with Crippen LogP contribution >= 0.6 is 22.6 Å². The molecule has 0 bridgehead atoms. The van der Waals surface area contributed by atoms with Gasteiger partial charge in [-0.1, -0.05) is 6.07 Å². The van der Waals surface area contributed by atoms with Gasteiger partial charge in [0.2, 0.25) is 0 Å². The molecule has 5 nitrogen and oxygen atoms in total. The van der Waals surface area contributed by atoms with E-state index in [1.165, 1.54) is 0 Å². The van der Waals surface area contributed by atoms with E-state index in [1.54, 1.807) is 18.6 Å². The first-order chi connectivity index (χ1) is 10.2. The maximum absolute atomic E-state index is 12.5. The quantitative estimate of drug-likeness (QED) is 0.732. The molecule has 0 radical (unpaired) electrons. The molecule has 1 amide bonds. The lowest BCUT2D eigenvalue weighted by molar-refractivity contribution is 0.0746. The highest BCUT2D eigenvalue weighted by Gasteiger charge is 2.22. The van der Waals surface area contributed by atoms with Gasteiger partial charge >= 0.3 is 0 Å². The molecule has 108 valence electrons. The molecular weight excluding hydrogens is 379 g/mol. The molecule has 0 N–H and O–H groups in total. The lowest BCUT2D eigenvalue weighted by atomic mass is 10.2. The fourth-order valence-electron chi connectivity index (χ4n) is 2.40. The number of carbonyl (C=O) groups excluding carboxylic acids is 1. The van der Waals surface area contributed by atoms with E-state index in [0.717, 1.165) is 28.0 Å². The lowest BCUT2D eigenvalue weighted by Crippen LogP contribution is -2.49. The number of hydrogen-bond donors (Lipinski definition) is 0. The Kier molecular flexibility index (Phi) is 4.33. The summed E-state index contributed by atoms with van der Waals surface area (Å²) in [6, 6.07) is 7.71. The molecule has 1 fully saturated rings. The monoisotopic (exact) mass is 394 g/mol. The summed E-state index contributed by atoms with van der Waals surface area (Å²) in [7, 11) is 0. The third-order valence-corrected chi connectivity index (χ3v) is 4.18. The minimum Gasteiger partial charge on any atom is -0.352 e. The largest absolute Gasteiger partial charge is 0.352 e. The van der Waals surface area contributed by atoms with Crippen LogP contribution < -0.4 is 4.90 Å². The van der Waals surface area contributed by atoms with Crippen molar-refractivity contribution >= 4 is 34.3 Å². The smallest absolute Gasteiger partial charge is 0.254 e. The van der Waals surface area contributed by atoms with Crippen LogP contribution in [-0.2, 0) is 0 Å². The normalized spacial score (nSPS) is 15.1. The number of piperazine rings is 1. The maximum atomic E-state index is 12.5. The summed E-state index contributed by atoms with van der Waals surface area (Å²) in [6.07, 6.45) is 5.12. The van der Waals surface area contributed by atoms with Gasteiger partial charge in [0, 0.05) is 47.7 Å². The number of nitrogens with zero attached hydrogens (tertiary/aromatic N) is 4. The predicted molar refractivity (Wildman–Crippen MR) is 89.3 cm³/mol. The molecule has 0 unspecified atom stereocenters. The Labute approximate surface area is 137 Å². The van der Waals surface area contributed by atoms with E-state index in [1.807, 2.05) is 29.2 Å². The molecule has 1 aliphatic heterocycles. The number of halogens is 1. The highest BCUT2D eigenvalue weighted by molar-refractivity contribution is 14.1. The van der Waals surface area contributed by atoms with E-state index < -0.39 is 0 Å². The Balaban J connectivity index is 1.64. The molecule has 21 heavy (non-hydrogen) atoms. The summed E-state index contributed by atoms with van der Waals surface area (Å²) in [5, 5.41) is 0. The van der Waals surface area contributed by atoms with Crippen molar-refractivity contribution in [3.63, 3.8) is 0 Å². The van der Waals surface area contributed by atoms with Crippen molar-refractivity contribution in [2.75, 3.05) is 31.1 Å². The fourth-order valence-corrected chi connectivity index (χ4v) is 2.94. The number of benzene rings is 1. The van der Waals surface area contributed by atoms with Crippen molar-refractivity contribution in [2.24, 2.45) is 0 Å². The van der Waals surface area contributed by atoms with E-state index >= 15 is 0 Å². The Bertz CT molecular complexity index is 627. The molecule has 6 heteroatoms. The van der Waals surface area contributed by atoms with Gasteiger partial charge < -0.3 is 9.80 Å². The van der Waals surface area contributed by atoms with Gasteiger partial charge in [0.05, 0.1) is 6.20 Å². The zero-order chi connectivity index (χ0) is 14.7. The molecule has 0 atom stereocenters. The maximum Gasteiger partial charge on any atom is 0.254 e. The van der Waals surface area contributed by atoms with Crippen molar-refractivity contribution in [1.82, 2.24) is 14.9 Å². The minimum atomic E-state index is 0.104. The summed E-state index contributed by atoms with van der Waals surface area (Å²) in [5.41, 5.74) is 0.759. The van der Waals surface area contributed by atoms with Crippen LogP contribution in [0.1, 0.15) is 10.4 Å². The minimum absolute atomic E-state index is 0.104. The second kappa shape index (κ2) is 6.38. The first-order valence-corrected chi connectivity index (χ1v) is 7.88. The van der Waals surface area contributed by atoms with Gasteiger partial charge in [0.15, 0.2) is 0 Å². The molecule has 0 aliphatic carbocycles. The van der Waals surface area contributed by atoms with E-state index in [0.29, 0.717) is 13.1 Å². The van der Waals surface area contributed by atoms with Gasteiger partial charge in [-0.2, -0.15) is 0 Å². The molecule has 0 saturated carbocycles. The van der Waals surface area contributed by atoms with Crippen LogP contribution in [0.15, 0.2) is 42.9 Å². The summed E-state index contributed by atoms with van der Waals surface area (Å²) >= 11 is 2.23. The molecule has 0 spiro atoms. The zero-order valence-electron chi connectivity index (χ0n) is 11.4. The first-order valence-electron chi connectivity index (χ1n) is 6.80. The molecule has 2 aromatic rings.